The van der Waals surface area contributed by atoms with Gasteiger partial charge < -0.3 is 11.1 Å². The SMILES string of the molecule is CC(C)C[C@@H](N)C(=O)Nc1ccc(Br)cc1F. The molecule has 3 nitrogen and oxygen atoms in total. The second-order valence-corrected chi connectivity index (χ2v) is 5.27. The van der Waals surface area contributed by atoms with Crippen LogP contribution in [0.25, 0.3) is 0 Å². The fraction of sp³-hybridized carbons (Fsp3) is 0.417. The van der Waals surface area contributed by atoms with Crippen LogP contribution < -0.4 is 11.1 Å². The zero-order valence-electron chi connectivity index (χ0n) is 9.84. The number of benzene rings is 1. The van der Waals surface area contributed by atoms with Crippen molar-refractivity contribution in [2.45, 2.75) is 26.3 Å². The van der Waals surface area contributed by atoms with Crippen molar-refractivity contribution in [2.24, 2.45) is 11.7 Å². The second-order valence-electron chi connectivity index (χ2n) is 4.35. The molecule has 0 bridgehead atoms. The average molecular weight is 303 g/mol. The van der Waals surface area contributed by atoms with E-state index in [2.05, 4.69) is 21.2 Å². The zero-order valence-corrected chi connectivity index (χ0v) is 11.4. The van der Waals surface area contributed by atoms with Crippen LogP contribution in [-0.2, 0) is 4.79 Å². The molecule has 0 heterocycles. The summed E-state index contributed by atoms with van der Waals surface area (Å²) in [5, 5.41) is 2.48. The minimum absolute atomic E-state index is 0.150. The molecule has 5 heteroatoms. The summed E-state index contributed by atoms with van der Waals surface area (Å²) in [7, 11) is 0. The van der Waals surface area contributed by atoms with Gasteiger partial charge in [0.1, 0.15) is 5.82 Å². The number of halogens is 2. The number of nitrogens with one attached hydrogen (secondary N) is 1. The predicted molar refractivity (Wildman–Crippen MR) is 70.2 cm³/mol. The molecule has 1 atom stereocenters. The quantitative estimate of drug-likeness (QED) is 0.898. The molecule has 0 spiro atoms. The lowest BCUT2D eigenvalue weighted by Crippen LogP contribution is -2.36. The molecule has 0 fully saturated rings. The van der Waals surface area contributed by atoms with Crippen LogP contribution in [-0.4, -0.2) is 11.9 Å². The van der Waals surface area contributed by atoms with Crippen molar-refractivity contribution >= 4 is 27.5 Å². The second kappa shape index (κ2) is 6.12. The molecule has 0 saturated heterocycles. The topological polar surface area (TPSA) is 55.1 Å². The van der Waals surface area contributed by atoms with Gasteiger partial charge in [-0.05, 0) is 30.5 Å². The largest absolute Gasteiger partial charge is 0.322 e. The molecule has 1 rings (SSSR count). The maximum atomic E-state index is 13.5. The van der Waals surface area contributed by atoms with Crippen molar-refractivity contribution < 1.29 is 9.18 Å². The van der Waals surface area contributed by atoms with Gasteiger partial charge in [0.05, 0.1) is 11.7 Å². The number of rotatable bonds is 4. The fourth-order valence-electron chi connectivity index (χ4n) is 1.43. The summed E-state index contributed by atoms with van der Waals surface area (Å²) >= 11 is 3.15. The molecule has 1 amide bonds. The van der Waals surface area contributed by atoms with Gasteiger partial charge in [0, 0.05) is 4.47 Å². The van der Waals surface area contributed by atoms with Crippen LogP contribution in [0.15, 0.2) is 22.7 Å². The normalized spacial score (nSPS) is 12.6. The molecule has 1 aromatic rings. The van der Waals surface area contributed by atoms with Gasteiger partial charge in [0.2, 0.25) is 5.91 Å². The standard InChI is InChI=1S/C12H16BrFN2O/c1-7(2)5-10(15)12(17)16-11-4-3-8(13)6-9(11)14/h3-4,6-7,10H,5,15H2,1-2H3,(H,16,17)/t10-/m1/s1. The summed E-state index contributed by atoms with van der Waals surface area (Å²) in [5.74, 6) is -0.519. The van der Waals surface area contributed by atoms with E-state index in [0.717, 1.165) is 0 Å². The number of amides is 1. The van der Waals surface area contributed by atoms with Crippen LogP contribution in [0.4, 0.5) is 10.1 Å². The summed E-state index contributed by atoms with van der Waals surface area (Å²) in [4.78, 5) is 11.7. The van der Waals surface area contributed by atoms with Gasteiger partial charge in [-0.1, -0.05) is 29.8 Å². The van der Waals surface area contributed by atoms with Gasteiger partial charge in [-0.3, -0.25) is 4.79 Å². The Balaban J connectivity index is 2.67. The minimum Gasteiger partial charge on any atom is -0.322 e. The van der Waals surface area contributed by atoms with Crippen molar-refractivity contribution in [1.82, 2.24) is 0 Å². The Hall–Kier alpha value is -0.940. The Morgan fingerprint density at radius 1 is 1.53 bits per heavy atom. The van der Waals surface area contributed by atoms with Crippen LogP contribution in [0.5, 0.6) is 0 Å². The highest BCUT2D eigenvalue weighted by Gasteiger charge is 2.16. The third-order valence-electron chi connectivity index (χ3n) is 2.25. The maximum absolute atomic E-state index is 13.5. The monoisotopic (exact) mass is 302 g/mol. The average Bonchev–Trinajstić information content (AvgIpc) is 2.21. The molecular weight excluding hydrogens is 287 g/mol. The molecule has 0 radical (unpaired) electrons. The Bertz CT molecular complexity index is 409. The van der Waals surface area contributed by atoms with Gasteiger partial charge in [-0.15, -0.1) is 0 Å². The molecule has 0 aliphatic heterocycles. The van der Waals surface area contributed by atoms with E-state index < -0.39 is 11.9 Å². The number of hydrogen-bond donors (Lipinski definition) is 2. The first-order valence-corrected chi connectivity index (χ1v) is 6.21. The Morgan fingerprint density at radius 2 is 2.18 bits per heavy atom. The van der Waals surface area contributed by atoms with Crippen LogP contribution in [0.2, 0.25) is 0 Å². The highest BCUT2D eigenvalue weighted by molar-refractivity contribution is 9.10. The van der Waals surface area contributed by atoms with Crippen LogP contribution in [0.3, 0.4) is 0 Å². The molecule has 17 heavy (non-hydrogen) atoms. The summed E-state index contributed by atoms with van der Waals surface area (Å²) in [6, 6.07) is 3.84. The first-order valence-electron chi connectivity index (χ1n) is 5.41. The van der Waals surface area contributed by atoms with E-state index >= 15 is 0 Å². The van der Waals surface area contributed by atoms with Crippen LogP contribution in [0, 0.1) is 11.7 Å². The van der Waals surface area contributed by atoms with E-state index in [9.17, 15) is 9.18 Å². The maximum Gasteiger partial charge on any atom is 0.241 e. The number of carbonyl (C=O) groups is 1. The van der Waals surface area contributed by atoms with Crippen molar-refractivity contribution in [1.29, 1.82) is 0 Å². The summed E-state index contributed by atoms with van der Waals surface area (Å²) in [5.41, 5.74) is 5.85. The smallest absolute Gasteiger partial charge is 0.241 e. The molecule has 0 aliphatic carbocycles. The first-order chi connectivity index (χ1) is 7.90. The van der Waals surface area contributed by atoms with Crippen molar-refractivity contribution in [3.05, 3.63) is 28.5 Å². The van der Waals surface area contributed by atoms with E-state index in [4.69, 9.17) is 5.73 Å². The number of carbonyl (C=O) groups excluding carboxylic acids is 1. The lowest BCUT2D eigenvalue weighted by atomic mass is 10.0. The van der Waals surface area contributed by atoms with E-state index in [1.54, 1.807) is 6.07 Å². The molecule has 3 N–H and O–H groups in total. The van der Waals surface area contributed by atoms with E-state index in [0.29, 0.717) is 16.8 Å². The van der Waals surface area contributed by atoms with Gasteiger partial charge in [0.15, 0.2) is 0 Å². The minimum atomic E-state index is -0.613. The van der Waals surface area contributed by atoms with Crippen molar-refractivity contribution in [2.75, 3.05) is 5.32 Å². The summed E-state index contributed by atoms with van der Waals surface area (Å²) < 4.78 is 14.1. The van der Waals surface area contributed by atoms with Crippen molar-refractivity contribution in [3.8, 4) is 0 Å². The molecule has 0 unspecified atom stereocenters. The molecule has 0 aliphatic rings. The molecule has 0 aromatic heterocycles. The molecule has 1 aromatic carbocycles. The van der Waals surface area contributed by atoms with Gasteiger partial charge in [-0.2, -0.15) is 0 Å². The Labute approximate surface area is 109 Å². The lowest BCUT2D eigenvalue weighted by Gasteiger charge is -2.14. The molecular formula is C12H16BrFN2O. The molecule has 94 valence electrons. The van der Waals surface area contributed by atoms with Crippen molar-refractivity contribution in [3.63, 3.8) is 0 Å². The van der Waals surface area contributed by atoms with E-state index in [1.807, 2.05) is 13.8 Å². The Morgan fingerprint density at radius 3 is 2.71 bits per heavy atom. The third kappa shape index (κ3) is 4.44. The molecule has 0 saturated carbocycles. The number of anilines is 1. The fourth-order valence-corrected chi connectivity index (χ4v) is 1.76. The zero-order chi connectivity index (χ0) is 13.0. The number of hydrogen-bond acceptors (Lipinski definition) is 2. The highest BCUT2D eigenvalue weighted by atomic mass is 79.9. The third-order valence-corrected chi connectivity index (χ3v) is 2.74. The Kier molecular flexibility index (Phi) is 5.08. The predicted octanol–water partition coefficient (Wildman–Crippen LogP) is 2.90. The van der Waals surface area contributed by atoms with E-state index in [-0.39, 0.29) is 11.6 Å². The number of nitrogens with two attached hydrogens (primary N) is 1. The highest BCUT2D eigenvalue weighted by Crippen LogP contribution is 2.19. The van der Waals surface area contributed by atoms with Gasteiger partial charge >= 0.3 is 0 Å². The first kappa shape index (κ1) is 14.1. The summed E-state index contributed by atoms with van der Waals surface area (Å²) in [6.07, 6.45) is 0.573. The van der Waals surface area contributed by atoms with Crippen LogP contribution in [0.1, 0.15) is 20.3 Å². The van der Waals surface area contributed by atoms with Crippen LogP contribution >= 0.6 is 15.9 Å². The lowest BCUT2D eigenvalue weighted by molar-refractivity contribution is -0.117. The van der Waals surface area contributed by atoms with Gasteiger partial charge in [-0.25, -0.2) is 4.39 Å². The van der Waals surface area contributed by atoms with Gasteiger partial charge in [0.25, 0.3) is 0 Å². The summed E-state index contributed by atoms with van der Waals surface area (Å²) in [6.45, 7) is 3.96. The van der Waals surface area contributed by atoms with E-state index in [1.165, 1.54) is 12.1 Å².